The first-order chi connectivity index (χ1) is 21.3. The molecule has 2 N–H and O–H groups in total. The van der Waals surface area contributed by atoms with Crippen molar-refractivity contribution in [2.45, 2.75) is 59.8 Å². The van der Waals surface area contributed by atoms with Crippen LogP contribution in [0.25, 0.3) is 0 Å². The Hall–Kier alpha value is -4.58. The molecule has 0 bridgehead atoms. The van der Waals surface area contributed by atoms with Crippen LogP contribution in [0.2, 0.25) is 0 Å². The average Bonchev–Trinajstić information content (AvgIpc) is 3.87. The van der Waals surface area contributed by atoms with Gasteiger partial charge in [0.2, 0.25) is 11.8 Å². The van der Waals surface area contributed by atoms with Crippen LogP contribution in [0.3, 0.4) is 0 Å². The number of benzene rings is 4. The second-order valence-corrected chi connectivity index (χ2v) is 14.4. The molecule has 0 radical (unpaired) electrons. The van der Waals surface area contributed by atoms with Crippen molar-refractivity contribution in [3.05, 3.63) is 108 Å². The lowest BCUT2D eigenvalue weighted by Gasteiger charge is -2.26. The van der Waals surface area contributed by atoms with Crippen LogP contribution in [0.5, 0.6) is 23.0 Å². The molecule has 6 nitrogen and oxygen atoms in total. The standard InChI is InChI=1S/C39H42N2O4/c1-37(2)23-33(37)35(42)40-27-11-19-31(20-12-27)44-29-15-7-25(8-16-29)39(5,6)26-9-17-30(18-10-26)45-32-21-13-28(14-22-32)41-36(43)34-24-38(34,3)4/h7-22,33-34H,23-24H2,1-6H3,(H,40,42)(H,41,43)/t33-,34-/m0/s1. The molecule has 2 saturated carbocycles. The van der Waals surface area contributed by atoms with Crippen molar-refractivity contribution < 1.29 is 19.1 Å². The van der Waals surface area contributed by atoms with E-state index in [9.17, 15) is 9.59 Å². The normalized spacial score (nSPS) is 19.2. The van der Waals surface area contributed by atoms with Crippen LogP contribution < -0.4 is 20.1 Å². The molecule has 2 aliphatic rings. The highest BCUT2D eigenvalue weighted by atomic mass is 16.5. The molecule has 2 fully saturated rings. The van der Waals surface area contributed by atoms with Crippen molar-refractivity contribution in [3.8, 4) is 23.0 Å². The molecule has 2 atom stereocenters. The number of anilines is 2. The van der Waals surface area contributed by atoms with Crippen molar-refractivity contribution in [1.29, 1.82) is 0 Å². The largest absolute Gasteiger partial charge is 0.457 e. The van der Waals surface area contributed by atoms with E-state index in [4.69, 9.17) is 9.47 Å². The highest BCUT2D eigenvalue weighted by Crippen LogP contribution is 2.52. The number of amides is 2. The minimum atomic E-state index is -0.233. The van der Waals surface area contributed by atoms with Crippen LogP contribution in [0.1, 0.15) is 65.5 Å². The molecule has 0 spiro atoms. The summed E-state index contributed by atoms with van der Waals surface area (Å²) in [5, 5.41) is 6.01. The monoisotopic (exact) mass is 602 g/mol. The Morgan fingerprint density at radius 1 is 0.556 bits per heavy atom. The zero-order valence-electron chi connectivity index (χ0n) is 26.9. The Morgan fingerprint density at radius 2 is 0.822 bits per heavy atom. The molecular weight excluding hydrogens is 560 g/mol. The summed E-state index contributed by atoms with van der Waals surface area (Å²) in [5.41, 5.74) is 3.86. The lowest BCUT2D eigenvalue weighted by atomic mass is 9.78. The van der Waals surface area contributed by atoms with E-state index in [0.29, 0.717) is 11.5 Å². The number of hydrogen-bond acceptors (Lipinski definition) is 4. The van der Waals surface area contributed by atoms with Gasteiger partial charge in [0.25, 0.3) is 0 Å². The van der Waals surface area contributed by atoms with E-state index in [2.05, 4.69) is 76.4 Å². The predicted molar refractivity (Wildman–Crippen MR) is 179 cm³/mol. The van der Waals surface area contributed by atoms with E-state index in [0.717, 1.165) is 46.8 Å². The molecule has 45 heavy (non-hydrogen) atoms. The summed E-state index contributed by atoms with van der Waals surface area (Å²) in [7, 11) is 0. The summed E-state index contributed by atoms with van der Waals surface area (Å²) >= 11 is 0. The molecule has 0 aromatic heterocycles. The van der Waals surface area contributed by atoms with E-state index in [1.165, 1.54) is 0 Å². The van der Waals surface area contributed by atoms with E-state index < -0.39 is 0 Å². The van der Waals surface area contributed by atoms with E-state index >= 15 is 0 Å². The smallest absolute Gasteiger partial charge is 0.228 e. The maximum absolute atomic E-state index is 12.4. The molecule has 0 unspecified atom stereocenters. The Bertz CT molecular complexity index is 1560. The predicted octanol–water partition coefficient (Wildman–Crippen LogP) is 9.57. The molecule has 232 valence electrons. The molecule has 6 heteroatoms. The first-order valence-corrected chi connectivity index (χ1v) is 15.7. The van der Waals surface area contributed by atoms with Gasteiger partial charge in [0.15, 0.2) is 0 Å². The van der Waals surface area contributed by atoms with Gasteiger partial charge in [-0.2, -0.15) is 0 Å². The minimum absolute atomic E-state index is 0.0831. The van der Waals surface area contributed by atoms with Crippen molar-refractivity contribution in [2.75, 3.05) is 10.6 Å². The fourth-order valence-electron chi connectivity index (χ4n) is 5.82. The fourth-order valence-corrected chi connectivity index (χ4v) is 5.82. The van der Waals surface area contributed by atoms with Crippen LogP contribution >= 0.6 is 0 Å². The molecule has 6 rings (SSSR count). The molecular formula is C39H42N2O4. The van der Waals surface area contributed by atoms with Gasteiger partial charge in [-0.15, -0.1) is 0 Å². The highest BCUT2D eigenvalue weighted by molar-refractivity contribution is 5.95. The molecule has 2 amide bonds. The van der Waals surface area contributed by atoms with Gasteiger partial charge in [-0.1, -0.05) is 65.8 Å². The summed E-state index contributed by atoms with van der Waals surface area (Å²) in [6.45, 7) is 12.9. The number of carbonyl (C=O) groups excluding carboxylic acids is 2. The lowest BCUT2D eigenvalue weighted by molar-refractivity contribution is -0.118. The molecule has 0 heterocycles. The summed E-state index contributed by atoms with van der Waals surface area (Å²) in [5.74, 6) is 3.27. The fraction of sp³-hybridized carbons (Fsp3) is 0.333. The number of carbonyl (C=O) groups is 2. The molecule has 4 aromatic rings. The lowest BCUT2D eigenvalue weighted by Crippen LogP contribution is -2.18. The second-order valence-electron chi connectivity index (χ2n) is 14.4. The van der Waals surface area contributed by atoms with Crippen molar-refractivity contribution in [1.82, 2.24) is 0 Å². The zero-order valence-corrected chi connectivity index (χ0v) is 26.9. The molecule has 4 aromatic carbocycles. The third kappa shape index (κ3) is 6.90. The zero-order chi connectivity index (χ0) is 32.0. The first-order valence-electron chi connectivity index (χ1n) is 15.7. The van der Waals surface area contributed by atoms with Crippen molar-refractivity contribution >= 4 is 23.2 Å². The number of hydrogen-bond donors (Lipinski definition) is 2. The topological polar surface area (TPSA) is 76.7 Å². The maximum Gasteiger partial charge on any atom is 0.228 e. The Kier molecular flexibility index (Phi) is 7.72. The summed E-state index contributed by atoms with van der Waals surface area (Å²) in [6.07, 6.45) is 1.87. The molecule has 2 aliphatic carbocycles. The maximum atomic E-state index is 12.4. The van der Waals surface area contributed by atoms with Gasteiger partial charge in [-0.25, -0.2) is 0 Å². The van der Waals surface area contributed by atoms with Gasteiger partial charge in [0, 0.05) is 28.6 Å². The average molecular weight is 603 g/mol. The van der Waals surface area contributed by atoms with Crippen LogP contribution in [-0.2, 0) is 15.0 Å². The number of nitrogens with one attached hydrogen (secondary N) is 2. The first kappa shape index (κ1) is 30.4. The quantitative estimate of drug-likeness (QED) is 0.190. The van der Waals surface area contributed by atoms with Gasteiger partial charge < -0.3 is 20.1 Å². The van der Waals surface area contributed by atoms with Gasteiger partial charge >= 0.3 is 0 Å². The van der Waals surface area contributed by atoms with Crippen molar-refractivity contribution in [2.24, 2.45) is 22.7 Å². The van der Waals surface area contributed by atoms with Gasteiger partial charge in [-0.05, 0) is 108 Å². The van der Waals surface area contributed by atoms with Gasteiger partial charge in [-0.3, -0.25) is 9.59 Å². The van der Waals surface area contributed by atoms with E-state index in [1.54, 1.807) is 0 Å². The Morgan fingerprint density at radius 3 is 1.09 bits per heavy atom. The highest BCUT2D eigenvalue weighted by Gasteiger charge is 2.51. The third-order valence-corrected chi connectivity index (χ3v) is 9.53. The molecule has 0 aliphatic heterocycles. The Labute approximate surface area is 266 Å². The van der Waals surface area contributed by atoms with Crippen LogP contribution in [0.4, 0.5) is 11.4 Å². The number of rotatable bonds is 10. The van der Waals surface area contributed by atoms with E-state index in [-0.39, 0.29) is 39.9 Å². The minimum Gasteiger partial charge on any atom is -0.457 e. The van der Waals surface area contributed by atoms with Gasteiger partial charge in [0.05, 0.1) is 0 Å². The van der Waals surface area contributed by atoms with E-state index in [1.807, 2.05) is 72.8 Å². The van der Waals surface area contributed by atoms with Crippen LogP contribution in [0.15, 0.2) is 97.1 Å². The Balaban J connectivity index is 1.02. The summed E-state index contributed by atoms with van der Waals surface area (Å²) in [6, 6.07) is 31.3. The van der Waals surface area contributed by atoms with Gasteiger partial charge in [0.1, 0.15) is 23.0 Å². The summed E-state index contributed by atoms with van der Waals surface area (Å²) < 4.78 is 12.1. The second kappa shape index (κ2) is 11.4. The SMILES string of the molecule is CC(C)(c1ccc(Oc2ccc(NC(=O)[C@@H]3CC3(C)C)cc2)cc1)c1ccc(Oc2ccc(NC(=O)[C@@H]3CC3(C)C)cc2)cc1. The van der Waals surface area contributed by atoms with Crippen molar-refractivity contribution in [3.63, 3.8) is 0 Å². The molecule has 0 saturated heterocycles. The van der Waals surface area contributed by atoms with Crippen LogP contribution in [0, 0.1) is 22.7 Å². The third-order valence-electron chi connectivity index (χ3n) is 9.53. The number of ether oxygens (including phenoxy) is 2. The summed E-state index contributed by atoms with van der Waals surface area (Å²) in [4.78, 5) is 24.8. The van der Waals surface area contributed by atoms with Crippen LogP contribution in [-0.4, -0.2) is 11.8 Å².